The Labute approximate surface area is 95.5 Å². The third-order valence-corrected chi connectivity index (χ3v) is 4.40. The zero-order chi connectivity index (χ0) is 11.1. The molecule has 0 spiro atoms. The quantitative estimate of drug-likeness (QED) is 0.697. The van der Waals surface area contributed by atoms with Crippen LogP contribution in [0.2, 0.25) is 0 Å². The van der Waals surface area contributed by atoms with Crippen molar-refractivity contribution in [1.82, 2.24) is 0 Å². The van der Waals surface area contributed by atoms with E-state index in [4.69, 9.17) is 4.74 Å². The molecule has 2 nitrogen and oxygen atoms in total. The summed E-state index contributed by atoms with van der Waals surface area (Å²) >= 11 is 0. The van der Waals surface area contributed by atoms with Crippen molar-refractivity contribution in [3.8, 4) is 0 Å². The minimum atomic E-state index is -0.675. The molecule has 2 atom stereocenters. The van der Waals surface area contributed by atoms with Gasteiger partial charge in [-0.2, -0.15) is 0 Å². The molecule has 0 aromatic rings. The minimum absolute atomic E-state index is 0.251. The van der Waals surface area contributed by atoms with E-state index in [1.807, 2.05) is 13.8 Å². The predicted molar refractivity (Wildman–Crippen MR) is 65.3 cm³/mol. The third-order valence-electron chi connectivity index (χ3n) is 2.59. The van der Waals surface area contributed by atoms with E-state index in [0.717, 1.165) is 24.2 Å². The Balaban J connectivity index is 2.35. The Kier molecular flexibility index (Phi) is 5.99. The van der Waals surface area contributed by atoms with Crippen LogP contribution in [-0.2, 0) is 15.5 Å². The molecule has 1 fully saturated rings. The van der Waals surface area contributed by atoms with Crippen LogP contribution in [0.1, 0.15) is 46.0 Å². The maximum Gasteiger partial charge on any atom is 0.102 e. The van der Waals surface area contributed by atoms with Crippen LogP contribution in [0.15, 0.2) is 11.8 Å². The number of ether oxygens (including phenoxy) is 1. The van der Waals surface area contributed by atoms with Crippen molar-refractivity contribution in [3.63, 3.8) is 0 Å². The van der Waals surface area contributed by atoms with Crippen LogP contribution < -0.4 is 0 Å². The van der Waals surface area contributed by atoms with E-state index >= 15 is 0 Å². The molecule has 15 heavy (non-hydrogen) atoms. The second-order valence-electron chi connectivity index (χ2n) is 4.44. The Bertz CT molecular complexity index is 232. The zero-order valence-corrected chi connectivity index (χ0v) is 10.6. The van der Waals surface area contributed by atoms with Gasteiger partial charge < -0.3 is 4.74 Å². The van der Waals surface area contributed by atoms with E-state index in [1.165, 1.54) is 19.3 Å². The summed E-state index contributed by atoms with van der Waals surface area (Å²) in [6.45, 7) is 4.64. The Morgan fingerprint density at radius 3 is 2.80 bits per heavy atom. The van der Waals surface area contributed by atoms with Gasteiger partial charge in [-0.05, 0) is 32.3 Å². The molecule has 88 valence electrons. The summed E-state index contributed by atoms with van der Waals surface area (Å²) in [6.07, 6.45) is 7.68. The van der Waals surface area contributed by atoms with E-state index < -0.39 is 10.8 Å². The fraction of sp³-hybridized carbons (Fsp3) is 0.833. The third kappa shape index (κ3) is 5.36. The lowest BCUT2D eigenvalue weighted by molar-refractivity contribution is 0.240. The van der Waals surface area contributed by atoms with Crippen molar-refractivity contribution < 1.29 is 8.95 Å². The van der Waals surface area contributed by atoms with Crippen molar-refractivity contribution in [2.24, 2.45) is 0 Å². The van der Waals surface area contributed by atoms with Gasteiger partial charge in [0.25, 0.3) is 0 Å². The van der Waals surface area contributed by atoms with Gasteiger partial charge in [0.15, 0.2) is 0 Å². The second kappa shape index (κ2) is 7.04. The maximum atomic E-state index is 11.9. The SMILES string of the molecule is CC(C)=COCC1CCCCCCS1=O. The fourth-order valence-corrected chi connectivity index (χ4v) is 3.23. The number of allylic oxidation sites excluding steroid dienone is 1. The van der Waals surface area contributed by atoms with E-state index in [2.05, 4.69) is 0 Å². The second-order valence-corrected chi connectivity index (χ2v) is 6.27. The lowest BCUT2D eigenvalue weighted by Gasteiger charge is -2.18. The molecule has 0 bridgehead atoms. The molecular weight excluding hydrogens is 208 g/mol. The molecule has 3 heteroatoms. The van der Waals surface area contributed by atoms with Gasteiger partial charge in [-0.25, -0.2) is 0 Å². The van der Waals surface area contributed by atoms with Gasteiger partial charge in [-0.3, -0.25) is 4.21 Å². The van der Waals surface area contributed by atoms with E-state index in [9.17, 15) is 4.21 Å². The molecule has 0 aromatic heterocycles. The van der Waals surface area contributed by atoms with Crippen molar-refractivity contribution in [2.45, 2.75) is 51.2 Å². The van der Waals surface area contributed by atoms with Crippen molar-refractivity contribution >= 4 is 10.8 Å². The molecule has 0 radical (unpaired) electrons. The van der Waals surface area contributed by atoms with Crippen LogP contribution in [-0.4, -0.2) is 21.8 Å². The average molecular weight is 230 g/mol. The van der Waals surface area contributed by atoms with Crippen LogP contribution >= 0.6 is 0 Å². The smallest absolute Gasteiger partial charge is 0.102 e. The first-order valence-corrected chi connectivity index (χ1v) is 7.20. The average Bonchev–Trinajstić information content (AvgIpc) is 2.16. The highest BCUT2D eigenvalue weighted by Crippen LogP contribution is 2.16. The summed E-state index contributed by atoms with van der Waals surface area (Å²) in [5, 5.41) is 0.251. The first kappa shape index (κ1) is 12.8. The molecular formula is C12H22O2S. The molecule has 0 amide bonds. The maximum absolute atomic E-state index is 11.9. The first-order chi connectivity index (χ1) is 7.20. The van der Waals surface area contributed by atoms with Gasteiger partial charge in [0.1, 0.15) is 6.61 Å². The minimum Gasteiger partial charge on any atom is -0.500 e. The molecule has 0 saturated carbocycles. The topological polar surface area (TPSA) is 26.3 Å². The van der Waals surface area contributed by atoms with Gasteiger partial charge in [-0.1, -0.05) is 19.3 Å². The first-order valence-electron chi connectivity index (χ1n) is 5.82. The van der Waals surface area contributed by atoms with E-state index in [1.54, 1.807) is 6.26 Å². The van der Waals surface area contributed by atoms with Gasteiger partial charge in [0.05, 0.1) is 11.5 Å². The molecule has 1 rings (SSSR count). The van der Waals surface area contributed by atoms with Crippen molar-refractivity contribution in [2.75, 3.05) is 12.4 Å². The Hall–Kier alpha value is -0.310. The standard InChI is InChI=1S/C12H22O2S/c1-11(2)9-14-10-12-7-5-3-4-6-8-15(12)13/h9,12H,3-8,10H2,1-2H3. The number of rotatable bonds is 3. The number of hydrogen-bond acceptors (Lipinski definition) is 2. The highest BCUT2D eigenvalue weighted by Gasteiger charge is 2.18. The van der Waals surface area contributed by atoms with Crippen LogP contribution in [0.4, 0.5) is 0 Å². The molecule has 0 aromatic carbocycles. The largest absolute Gasteiger partial charge is 0.500 e. The van der Waals surface area contributed by atoms with Crippen molar-refractivity contribution in [1.29, 1.82) is 0 Å². The molecule has 1 heterocycles. The summed E-state index contributed by atoms with van der Waals surface area (Å²) in [4.78, 5) is 0. The van der Waals surface area contributed by atoms with E-state index in [0.29, 0.717) is 6.61 Å². The zero-order valence-electron chi connectivity index (χ0n) is 9.83. The van der Waals surface area contributed by atoms with Crippen LogP contribution in [0.25, 0.3) is 0 Å². The fourth-order valence-electron chi connectivity index (χ4n) is 1.75. The lowest BCUT2D eigenvalue weighted by atomic mass is 10.1. The van der Waals surface area contributed by atoms with Crippen molar-refractivity contribution in [3.05, 3.63) is 11.8 Å². The highest BCUT2D eigenvalue weighted by atomic mass is 32.2. The highest BCUT2D eigenvalue weighted by molar-refractivity contribution is 7.85. The monoisotopic (exact) mass is 230 g/mol. The molecule has 1 saturated heterocycles. The summed E-state index contributed by atoms with van der Waals surface area (Å²) in [7, 11) is -0.675. The van der Waals surface area contributed by atoms with Crippen LogP contribution in [0.3, 0.4) is 0 Å². The summed E-state index contributed by atoms with van der Waals surface area (Å²) in [5.41, 5.74) is 1.16. The molecule has 1 aliphatic rings. The summed E-state index contributed by atoms with van der Waals surface area (Å²) in [5.74, 6) is 0.864. The normalized spacial score (nSPS) is 27.6. The van der Waals surface area contributed by atoms with E-state index in [-0.39, 0.29) is 5.25 Å². The van der Waals surface area contributed by atoms with Gasteiger partial charge in [0, 0.05) is 16.6 Å². The van der Waals surface area contributed by atoms with Gasteiger partial charge >= 0.3 is 0 Å². The van der Waals surface area contributed by atoms with Crippen LogP contribution in [0, 0.1) is 0 Å². The van der Waals surface area contributed by atoms with Gasteiger partial charge in [-0.15, -0.1) is 0 Å². The lowest BCUT2D eigenvalue weighted by Crippen LogP contribution is -2.24. The molecule has 0 N–H and O–H groups in total. The Morgan fingerprint density at radius 1 is 1.33 bits per heavy atom. The van der Waals surface area contributed by atoms with Gasteiger partial charge in [0.2, 0.25) is 0 Å². The molecule has 2 unspecified atom stereocenters. The van der Waals surface area contributed by atoms with Crippen LogP contribution in [0.5, 0.6) is 0 Å². The number of hydrogen-bond donors (Lipinski definition) is 0. The Morgan fingerprint density at radius 2 is 2.07 bits per heavy atom. The summed E-state index contributed by atoms with van der Waals surface area (Å²) < 4.78 is 17.3. The molecule has 0 aliphatic carbocycles. The predicted octanol–water partition coefficient (Wildman–Crippen LogP) is 3.01. The molecule has 1 aliphatic heterocycles. The summed E-state index contributed by atoms with van der Waals surface area (Å²) in [6, 6.07) is 0.